The molecule has 11 heteroatoms. The summed E-state index contributed by atoms with van der Waals surface area (Å²) in [7, 11) is -8.22. The van der Waals surface area contributed by atoms with Gasteiger partial charge in [-0.05, 0) is 30.3 Å². The van der Waals surface area contributed by atoms with Gasteiger partial charge in [0.25, 0.3) is 10.0 Å². The summed E-state index contributed by atoms with van der Waals surface area (Å²) in [5, 5.41) is 2.53. The number of anilines is 1. The molecule has 1 fully saturated rings. The zero-order valence-electron chi connectivity index (χ0n) is 13.9. The molecule has 0 radical (unpaired) electrons. The highest BCUT2D eigenvalue weighted by atomic mass is 32.2. The molecule has 1 amide bonds. The Hall–Kier alpha value is -2.50. The van der Waals surface area contributed by atoms with E-state index < -0.39 is 36.7 Å². The highest BCUT2D eigenvalue weighted by molar-refractivity contribution is 7.92. The van der Waals surface area contributed by atoms with Crippen molar-refractivity contribution in [3.63, 3.8) is 0 Å². The lowest BCUT2D eigenvalue weighted by molar-refractivity contribution is -0.122. The minimum Gasteiger partial charge on any atom is -0.354 e. The van der Waals surface area contributed by atoms with E-state index in [-0.39, 0.29) is 30.2 Å². The topological polar surface area (TPSA) is 113 Å². The van der Waals surface area contributed by atoms with Crippen molar-refractivity contribution in [1.29, 1.82) is 0 Å². The van der Waals surface area contributed by atoms with Crippen LogP contribution in [0.4, 0.5) is 10.1 Å². The minimum absolute atomic E-state index is 0.0409. The van der Waals surface area contributed by atoms with Gasteiger partial charge in [0.05, 0.1) is 17.1 Å². The van der Waals surface area contributed by atoms with E-state index in [9.17, 15) is 26.0 Å². The molecule has 0 atom stereocenters. The lowest BCUT2D eigenvalue weighted by Crippen LogP contribution is -2.49. The summed E-state index contributed by atoms with van der Waals surface area (Å²) in [5.41, 5.74) is -0.0409. The molecule has 1 saturated heterocycles. The van der Waals surface area contributed by atoms with Gasteiger partial charge >= 0.3 is 0 Å². The van der Waals surface area contributed by atoms with Crippen LogP contribution in [0.5, 0.6) is 0 Å². The Morgan fingerprint density at radius 2 is 1.78 bits per heavy atom. The predicted molar refractivity (Wildman–Crippen MR) is 95.4 cm³/mol. The summed E-state index contributed by atoms with van der Waals surface area (Å²) in [4.78, 5) is 10.7. The summed E-state index contributed by atoms with van der Waals surface area (Å²) in [6.45, 7) is -0.00949. The fraction of sp³-hybridized carbons (Fsp3) is 0.188. The van der Waals surface area contributed by atoms with Crippen LogP contribution in [-0.4, -0.2) is 46.7 Å². The van der Waals surface area contributed by atoms with E-state index in [1.165, 1.54) is 30.3 Å². The molecule has 0 aliphatic carbocycles. The fourth-order valence-corrected chi connectivity index (χ4v) is 5.14. The Labute approximate surface area is 156 Å². The first kappa shape index (κ1) is 19.3. The van der Waals surface area contributed by atoms with Gasteiger partial charge in [0.1, 0.15) is 10.7 Å². The highest BCUT2D eigenvalue weighted by Gasteiger charge is 2.29. The molecule has 0 bridgehead atoms. The lowest BCUT2D eigenvalue weighted by Gasteiger charge is -2.26. The smallest absolute Gasteiger partial charge is 0.264 e. The standard InChI is InChI=1S/C16H16FN3O5S2/c17-14-6-1-2-7-15(14)26(22,23)19-12-4-3-5-13(10-12)27(24,25)20-9-8-18-16(21)11-20/h1-7,10,19H,8-9,11H2,(H,18,21). The Bertz CT molecular complexity index is 1090. The number of nitrogens with one attached hydrogen (secondary N) is 2. The van der Waals surface area contributed by atoms with Crippen molar-refractivity contribution in [2.45, 2.75) is 9.79 Å². The van der Waals surface area contributed by atoms with E-state index in [2.05, 4.69) is 10.0 Å². The molecule has 27 heavy (non-hydrogen) atoms. The predicted octanol–water partition coefficient (Wildman–Crippen LogP) is 0.747. The van der Waals surface area contributed by atoms with E-state index in [1.54, 1.807) is 0 Å². The van der Waals surface area contributed by atoms with Gasteiger partial charge in [0.2, 0.25) is 15.9 Å². The maximum Gasteiger partial charge on any atom is 0.264 e. The maximum atomic E-state index is 13.8. The highest BCUT2D eigenvalue weighted by Crippen LogP contribution is 2.23. The van der Waals surface area contributed by atoms with E-state index in [1.807, 2.05) is 0 Å². The number of amides is 1. The van der Waals surface area contributed by atoms with Crippen LogP contribution in [0.15, 0.2) is 58.3 Å². The van der Waals surface area contributed by atoms with Crippen LogP contribution in [0.25, 0.3) is 0 Å². The third kappa shape index (κ3) is 4.10. The van der Waals surface area contributed by atoms with Gasteiger partial charge in [-0.25, -0.2) is 21.2 Å². The van der Waals surface area contributed by atoms with E-state index >= 15 is 0 Å². The molecule has 0 saturated carbocycles. The first-order chi connectivity index (χ1) is 12.7. The van der Waals surface area contributed by atoms with Crippen molar-refractivity contribution in [3.8, 4) is 0 Å². The van der Waals surface area contributed by atoms with Crippen LogP contribution >= 0.6 is 0 Å². The number of hydrogen-bond acceptors (Lipinski definition) is 5. The zero-order chi connectivity index (χ0) is 19.7. The van der Waals surface area contributed by atoms with E-state index in [4.69, 9.17) is 0 Å². The van der Waals surface area contributed by atoms with Gasteiger partial charge < -0.3 is 5.32 Å². The van der Waals surface area contributed by atoms with Crippen LogP contribution in [0.1, 0.15) is 0 Å². The van der Waals surface area contributed by atoms with Crippen molar-refractivity contribution >= 4 is 31.6 Å². The largest absolute Gasteiger partial charge is 0.354 e. The second-order valence-corrected chi connectivity index (χ2v) is 9.34. The maximum absolute atomic E-state index is 13.8. The number of benzene rings is 2. The summed E-state index contributed by atoms with van der Waals surface area (Å²) in [5.74, 6) is -1.34. The number of rotatable bonds is 5. The molecule has 0 spiro atoms. The van der Waals surface area contributed by atoms with Crippen LogP contribution < -0.4 is 10.0 Å². The van der Waals surface area contributed by atoms with E-state index in [0.29, 0.717) is 0 Å². The van der Waals surface area contributed by atoms with Gasteiger partial charge in [-0.15, -0.1) is 0 Å². The second kappa shape index (κ2) is 7.25. The average Bonchev–Trinajstić information content (AvgIpc) is 2.62. The molecule has 2 aromatic carbocycles. The summed E-state index contributed by atoms with van der Waals surface area (Å²) in [6.07, 6.45) is 0. The molecule has 0 aromatic heterocycles. The van der Waals surface area contributed by atoms with Gasteiger partial charge in [-0.1, -0.05) is 18.2 Å². The van der Waals surface area contributed by atoms with Crippen LogP contribution in [0.2, 0.25) is 0 Å². The molecule has 2 N–H and O–H groups in total. The van der Waals surface area contributed by atoms with Crippen molar-refractivity contribution in [2.24, 2.45) is 0 Å². The minimum atomic E-state index is -4.24. The number of nitrogens with zero attached hydrogens (tertiary/aromatic N) is 1. The summed E-state index contributed by atoms with van der Waals surface area (Å²) >= 11 is 0. The number of piperazine rings is 1. The molecule has 1 heterocycles. The fourth-order valence-electron chi connectivity index (χ4n) is 2.56. The molecule has 8 nitrogen and oxygen atoms in total. The molecule has 1 aliphatic rings. The monoisotopic (exact) mass is 413 g/mol. The molecular formula is C16H16FN3O5S2. The summed E-state index contributed by atoms with van der Waals surface area (Å²) < 4.78 is 67.1. The molecule has 144 valence electrons. The molecule has 2 aromatic rings. The molecule has 1 aliphatic heterocycles. The number of carbonyl (C=O) groups is 1. The zero-order valence-corrected chi connectivity index (χ0v) is 15.6. The average molecular weight is 413 g/mol. The van der Waals surface area contributed by atoms with Crippen molar-refractivity contribution in [3.05, 3.63) is 54.3 Å². The Morgan fingerprint density at radius 3 is 2.48 bits per heavy atom. The SMILES string of the molecule is O=C1CN(S(=O)(=O)c2cccc(NS(=O)(=O)c3ccccc3F)c2)CCN1. The van der Waals surface area contributed by atoms with Crippen LogP contribution in [0.3, 0.4) is 0 Å². The Morgan fingerprint density at radius 1 is 1.04 bits per heavy atom. The van der Waals surface area contributed by atoms with E-state index in [0.717, 1.165) is 22.5 Å². The quantitative estimate of drug-likeness (QED) is 0.751. The number of hydrogen-bond donors (Lipinski definition) is 2. The molecular weight excluding hydrogens is 397 g/mol. The number of sulfonamides is 2. The summed E-state index contributed by atoms with van der Waals surface area (Å²) in [6, 6.07) is 9.97. The third-order valence-electron chi connectivity index (χ3n) is 3.85. The van der Waals surface area contributed by atoms with Gasteiger partial charge in [-0.2, -0.15) is 4.31 Å². The number of carbonyl (C=O) groups excluding carboxylic acids is 1. The van der Waals surface area contributed by atoms with Crippen LogP contribution in [0, 0.1) is 5.82 Å². The van der Waals surface area contributed by atoms with Crippen molar-refractivity contribution in [1.82, 2.24) is 9.62 Å². The van der Waals surface area contributed by atoms with Gasteiger partial charge in [-0.3, -0.25) is 9.52 Å². The van der Waals surface area contributed by atoms with Gasteiger partial charge in [0, 0.05) is 13.1 Å². The molecule has 3 rings (SSSR count). The Kier molecular flexibility index (Phi) is 5.18. The number of halogens is 1. The van der Waals surface area contributed by atoms with Crippen LogP contribution in [-0.2, 0) is 24.8 Å². The van der Waals surface area contributed by atoms with Crippen molar-refractivity contribution < 1.29 is 26.0 Å². The first-order valence-electron chi connectivity index (χ1n) is 7.84. The first-order valence-corrected chi connectivity index (χ1v) is 10.8. The molecule has 0 unspecified atom stereocenters. The normalized spacial score (nSPS) is 16.0. The Balaban J connectivity index is 1.90. The second-order valence-electron chi connectivity index (χ2n) is 5.75. The van der Waals surface area contributed by atoms with Crippen molar-refractivity contribution in [2.75, 3.05) is 24.4 Å². The van der Waals surface area contributed by atoms with Gasteiger partial charge in [0.15, 0.2) is 0 Å². The lowest BCUT2D eigenvalue weighted by atomic mass is 10.3. The third-order valence-corrected chi connectivity index (χ3v) is 7.11.